The lowest BCUT2D eigenvalue weighted by Gasteiger charge is -2.04. The Morgan fingerprint density at radius 2 is 2.20 bits per heavy atom. The van der Waals surface area contributed by atoms with Gasteiger partial charge in [-0.3, -0.25) is 0 Å². The number of nitrogens with zero attached hydrogens (tertiary/aromatic N) is 1. The third kappa shape index (κ3) is 2.58. The summed E-state index contributed by atoms with van der Waals surface area (Å²) in [7, 11) is 0. The fraction of sp³-hybridized carbons (Fsp3) is 0.250. The lowest BCUT2D eigenvalue weighted by atomic mass is 10.2. The number of hydrogen-bond acceptors (Lipinski definition) is 2. The molecule has 1 saturated heterocycles. The number of hydrogen-bond donors (Lipinski definition) is 0. The molecule has 15 heavy (non-hydrogen) atoms. The van der Waals surface area contributed by atoms with E-state index in [1.54, 1.807) is 0 Å². The first-order chi connectivity index (χ1) is 7.29. The van der Waals surface area contributed by atoms with Crippen molar-refractivity contribution in [1.82, 2.24) is 0 Å². The predicted octanol–water partition coefficient (Wildman–Crippen LogP) is 2.35. The van der Waals surface area contributed by atoms with Gasteiger partial charge < -0.3 is 9.47 Å². The van der Waals surface area contributed by atoms with Crippen LogP contribution in [0, 0.1) is 6.57 Å². The highest BCUT2D eigenvalue weighted by atomic mass is 16.6. The molecule has 0 spiro atoms. The minimum Gasteiger partial charge on any atom is -0.491 e. The average molecular weight is 201 g/mol. The topological polar surface area (TPSA) is 26.1 Å². The molecule has 0 radical (unpaired) electrons. The minimum atomic E-state index is 0.267. The summed E-state index contributed by atoms with van der Waals surface area (Å²) in [6, 6.07) is 7.36. The van der Waals surface area contributed by atoms with Crippen LogP contribution in [0.5, 0.6) is 5.75 Å². The summed E-state index contributed by atoms with van der Waals surface area (Å²) in [6.07, 6.45) is 0.267. The second-order valence-electron chi connectivity index (χ2n) is 3.35. The van der Waals surface area contributed by atoms with Gasteiger partial charge in [-0.1, -0.05) is 18.7 Å². The Balaban J connectivity index is 1.96. The highest BCUT2D eigenvalue weighted by molar-refractivity contribution is 5.68. The molecule has 1 aromatic carbocycles. The van der Waals surface area contributed by atoms with Crippen molar-refractivity contribution >= 4 is 5.70 Å². The van der Waals surface area contributed by atoms with Crippen LogP contribution in [0.3, 0.4) is 0 Å². The zero-order valence-corrected chi connectivity index (χ0v) is 8.27. The van der Waals surface area contributed by atoms with Gasteiger partial charge in [0.05, 0.1) is 13.2 Å². The third-order valence-electron chi connectivity index (χ3n) is 2.16. The van der Waals surface area contributed by atoms with E-state index in [2.05, 4.69) is 11.4 Å². The van der Waals surface area contributed by atoms with Crippen LogP contribution in [-0.4, -0.2) is 19.3 Å². The van der Waals surface area contributed by atoms with Crippen LogP contribution >= 0.6 is 0 Å². The van der Waals surface area contributed by atoms with Gasteiger partial charge in [0, 0.05) is 0 Å². The summed E-state index contributed by atoms with van der Waals surface area (Å²) in [5.74, 6) is 0.798. The molecule has 1 aliphatic heterocycles. The van der Waals surface area contributed by atoms with Crippen LogP contribution in [0.25, 0.3) is 10.5 Å². The predicted molar refractivity (Wildman–Crippen MR) is 57.3 cm³/mol. The number of benzene rings is 1. The van der Waals surface area contributed by atoms with Gasteiger partial charge in [-0.05, 0) is 17.7 Å². The van der Waals surface area contributed by atoms with Crippen LogP contribution in [0.2, 0.25) is 0 Å². The lowest BCUT2D eigenvalue weighted by molar-refractivity contribution is 0.263. The standard InChI is InChI=1S/C12H11NO2/c1-9(13-2)10-3-5-11(6-4-10)14-7-12-8-15-12/h3-6,12H,1,7-8H2. The van der Waals surface area contributed by atoms with Crippen molar-refractivity contribution in [3.05, 3.63) is 47.8 Å². The maximum Gasteiger partial charge on any atom is 0.187 e. The van der Waals surface area contributed by atoms with Crippen molar-refractivity contribution in [2.24, 2.45) is 0 Å². The second kappa shape index (κ2) is 4.16. The highest BCUT2D eigenvalue weighted by Gasteiger charge is 2.22. The van der Waals surface area contributed by atoms with Gasteiger partial charge in [-0.2, -0.15) is 0 Å². The fourth-order valence-electron chi connectivity index (χ4n) is 1.16. The number of epoxide rings is 1. The van der Waals surface area contributed by atoms with Crippen molar-refractivity contribution < 1.29 is 9.47 Å². The van der Waals surface area contributed by atoms with Crippen molar-refractivity contribution in [3.63, 3.8) is 0 Å². The molecule has 1 heterocycles. The van der Waals surface area contributed by atoms with E-state index in [0.29, 0.717) is 12.3 Å². The Kier molecular flexibility index (Phi) is 2.70. The van der Waals surface area contributed by atoms with Gasteiger partial charge in [0.15, 0.2) is 5.70 Å². The fourth-order valence-corrected chi connectivity index (χ4v) is 1.16. The number of ether oxygens (including phenoxy) is 2. The summed E-state index contributed by atoms with van der Waals surface area (Å²) in [5.41, 5.74) is 1.28. The monoisotopic (exact) mass is 201 g/mol. The Labute approximate surface area is 88.8 Å². The van der Waals surface area contributed by atoms with E-state index in [-0.39, 0.29) is 6.10 Å². The second-order valence-corrected chi connectivity index (χ2v) is 3.35. The van der Waals surface area contributed by atoms with Gasteiger partial charge in [-0.15, -0.1) is 0 Å². The van der Waals surface area contributed by atoms with Crippen molar-refractivity contribution in [2.45, 2.75) is 6.10 Å². The molecule has 1 unspecified atom stereocenters. The third-order valence-corrected chi connectivity index (χ3v) is 2.16. The van der Waals surface area contributed by atoms with E-state index in [1.165, 1.54) is 0 Å². The molecular weight excluding hydrogens is 190 g/mol. The first-order valence-electron chi connectivity index (χ1n) is 4.71. The number of rotatable bonds is 4. The SMILES string of the molecule is [C-]#[N+]C(=C)c1ccc(OCC2CO2)cc1. The van der Waals surface area contributed by atoms with E-state index in [4.69, 9.17) is 16.0 Å². The molecule has 0 saturated carbocycles. The van der Waals surface area contributed by atoms with Crippen LogP contribution < -0.4 is 4.74 Å². The normalized spacial score (nSPS) is 17.9. The van der Waals surface area contributed by atoms with Crippen molar-refractivity contribution in [1.29, 1.82) is 0 Å². The van der Waals surface area contributed by atoms with Crippen molar-refractivity contribution in [2.75, 3.05) is 13.2 Å². The Bertz CT molecular complexity index is 399. The molecule has 3 nitrogen and oxygen atoms in total. The summed E-state index contributed by atoms with van der Waals surface area (Å²) in [5, 5.41) is 0. The lowest BCUT2D eigenvalue weighted by Crippen LogP contribution is -2.03. The van der Waals surface area contributed by atoms with Crippen LogP contribution in [0.1, 0.15) is 5.56 Å². The first kappa shape index (κ1) is 9.75. The quantitative estimate of drug-likeness (QED) is 0.552. The Hall–Kier alpha value is -1.79. The molecule has 0 aliphatic carbocycles. The van der Waals surface area contributed by atoms with Crippen LogP contribution in [0.4, 0.5) is 0 Å². The molecule has 2 rings (SSSR count). The molecule has 0 aromatic heterocycles. The molecule has 3 heteroatoms. The Morgan fingerprint density at radius 1 is 1.53 bits per heavy atom. The largest absolute Gasteiger partial charge is 0.491 e. The van der Waals surface area contributed by atoms with Gasteiger partial charge in [0.1, 0.15) is 18.5 Å². The molecule has 0 bridgehead atoms. The smallest absolute Gasteiger partial charge is 0.187 e. The van der Waals surface area contributed by atoms with Gasteiger partial charge in [-0.25, -0.2) is 4.85 Å². The van der Waals surface area contributed by atoms with E-state index < -0.39 is 0 Å². The molecule has 1 atom stereocenters. The van der Waals surface area contributed by atoms with E-state index in [0.717, 1.165) is 17.9 Å². The molecule has 76 valence electrons. The zero-order chi connectivity index (χ0) is 10.7. The van der Waals surface area contributed by atoms with E-state index >= 15 is 0 Å². The first-order valence-corrected chi connectivity index (χ1v) is 4.71. The van der Waals surface area contributed by atoms with Crippen LogP contribution in [-0.2, 0) is 4.74 Å². The summed E-state index contributed by atoms with van der Waals surface area (Å²) < 4.78 is 10.5. The van der Waals surface area contributed by atoms with Crippen LogP contribution in [0.15, 0.2) is 30.8 Å². The molecule has 1 fully saturated rings. The molecule has 1 aromatic rings. The molecule has 0 amide bonds. The molecule has 1 aliphatic rings. The molecular formula is C12H11NO2. The van der Waals surface area contributed by atoms with Gasteiger partial charge in [0.25, 0.3) is 0 Å². The summed E-state index contributed by atoms with van der Waals surface area (Å²) in [4.78, 5) is 3.27. The highest BCUT2D eigenvalue weighted by Crippen LogP contribution is 2.19. The van der Waals surface area contributed by atoms with Gasteiger partial charge in [0.2, 0.25) is 0 Å². The maximum atomic E-state index is 6.82. The van der Waals surface area contributed by atoms with Gasteiger partial charge >= 0.3 is 0 Å². The summed E-state index contributed by atoms with van der Waals surface area (Å²) >= 11 is 0. The molecule has 0 N–H and O–H groups in total. The minimum absolute atomic E-state index is 0.267. The maximum absolute atomic E-state index is 6.82. The zero-order valence-electron chi connectivity index (χ0n) is 8.27. The van der Waals surface area contributed by atoms with Crippen molar-refractivity contribution in [3.8, 4) is 5.75 Å². The average Bonchev–Trinajstić information content (AvgIpc) is 3.10. The van der Waals surface area contributed by atoms with E-state index in [9.17, 15) is 0 Å². The Morgan fingerprint density at radius 3 is 2.73 bits per heavy atom. The summed E-state index contributed by atoms with van der Waals surface area (Å²) in [6.45, 7) is 11.9. The van der Waals surface area contributed by atoms with E-state index in [1.807, 2.05) is 24.3 Å².